The molecule has 1 unspecified atom stereocenters. The van der Waals surface area contributed by atoms with Gasteiger partial charge in [-0.05, 0) is 24.0 Å². The quantitative estimate of drug-likeness (QED) is 0.810. The van der Waals surface area contributed by atoms with Gasteiger partial charge in [-0.1, -0.05) is 31.2 Å². The number of benzene rings is 1. The molecule has 0 aliphatic heterocycles. The molecule has 0 fully saturated rings. The van der Waals surface area contributed by atoms with E-state index in [1.807, 2.05) is 38.1 Å². The molecule has 1 aromatic carbocycles. The Morgan fingerprint density at radius 1 is 1.35 bits per heavy atom. The van der Waals surface area contributed by atoms with Crippen molar-refractivity contribution < 1.29 is 8.42 Å². The highest BCUT2D eigenvalue weighted by molar-refractivity contribution is 7.89. The highest BCUT2D eigenvalue weighted by atomic mass is 35.5. The lowest BCUT2D eigenvalue weighted by molar-refractivity contribution is 0.568. The highest BCUT2D eigenvalue weighted by Crippen LogP contribution is 2.08. The maximum Gasteiger partial charge on any atom is 0.212 e. The second-order valence-electron chi connectivity index (χ2n) is 4.29. The number of sulfonamides is 1. The van der Waals surface area contributed by atoms with Crippen LogP contribution in [-0.4, -0.2) is 20.1 Å². The van der Waals surface area contributed by atoms with E-state index < -0.39 is 10.0 Å². The molecule has 0 radical (unpaired) electrons. The van der Waals surface area contributed by atoms with Crippen LogP contribution in [0.4, 0.5) is 0 Å². The van der Waals surface area contributed by atoms with E-state index in [2.05, 4.69) is 4.72 Å². The number of nitrogens with one attached hydrogen (secondary N) is 1. The van der Waals surface area contributed by atoms with Gasteiger partial charge in [-0.25, -0.2) is 13.1 Å². The first-order valence-electron chi connectivity index (χ1n) is 5.52. The molecule has 0 aliphatic rings. The number of hydrogen-bond donors (Lipinski definition) is 1. The Kier molecular flexibility index (Phi) is 5.43. The van der Waals surface area contributed by atoms with Gasteiger partial charge in [0.05, 0.1) is 5.75 Å². The maximum absolute atomic E-state index is 11.7. The lowest BCUT2D eigenvalue weighted by Gasteiger charge is -2.11. The summed E-state index contributed by atoms with van der Waals surface area (Å²) < 4.78 is 26.0. The van der Waals surface area contributed by atoms with Crippen molar-refractivity contribution in [2.75, 3.05) is 11.6 Å². The van der Waals surface area contributed by atoms with Gasteiger partial charge in [-0.15, -0.1) is 11.6 Å². The molecule has 3 nitrogen and oxygen atoms in total. The van der Waals surface area contributed by atoms with Crippen LogP contribution in [0.1, 0.15) is 18.1 Å². The summed E-state index contributed by atoms with van der Waals surface area (Å²) in [7, 11) is -3.24. The molecule has 0 bridgehead atoms. The van der Waals surface area contributed by atoms with Gasteiger partial charge in [0, 0.05) is 12.4 Å². The first kappa shape index (κ1) is 14.5. The summed E-state index contributed by atoms with van der Waals surface area (Å²) in [6.07, 6.45) is 0. The van der Waals surface area contributed by atoms with E-state index in [9.17, 15) is 8.42 Å². The molecule has 96 valence electrons. The van der Waals surface area contributed by atoms with Gasteiger partial charge >= 0.3 is 0 Å². The summed E-state index contributed by atoms with van der Waals surface area (Å²) in [5.41, 5.74) is 2.08. The molecule has 17 heavy (non-hydrogen) atoms. The van der Waals surface area contributed by atoms with Crippen LogP contribution in [0.5, 0.6) is 0 Å². The van der Waals surface area contributed by atoms with Gasteiger partial charge in [0.15, 0.2) is 0 Å². The van der Waals surface area contributed by atoms with Gasteiger partial charge in [0.2, 0.25) is 10.0 Å². The first-order chi connectivity index (χ1) is 7.94. The Balaban J connectivity index is 2.59. The summed E-state index contributed by atoms with van der Waals surface area (Å²) >= 11 is 5.61. The van der Waals surface area contributed by atoms with Crippen molar-refractivity contribution in [3.8, 4) is 0 Å². The minimum absolute atomic E-state index is 0.0361. The molecule has 0 saturated heterocycles. The lowest BCUT2D eigenvalue weighted by atomic mass is 10.1. The van der Waals surface area contributed by atoms with E-state index in [-0.39, 0.29) is 11.7 Å². The predicted octanol–water partition coefficient (Wildman–Crippen LogP) is 2.29. The molecule has 0 amide bonds. The van der Waals surface area contributed by atoms with Crippen LogP contribution in [0.25, 0.3) is 0 Å². The number of rotatable bonds is 6. The van der Waals surface area contributed by atoms with Crippen LogP contribution >= 0.6 is 11.6 Å². The fourth-order valence-electron chi connectivity index (χ4n) is 1.47. The second-order valence-corrected chi connectivity index (χ2v) is 6.45. The molecule has 1 atom stereocenters. The summed E-state index contributed by atoms with van der Waals surface area (Å²) in [6, 6.07) is 7.72. The van der Waals surface area contributed by atoms with Crippen LogP contribution in [0.2, 0.25) is 0 Å². The topological polar surface area (TPSA) is 46.2 Å². The molecule has 1 rings (SSSR count). The number of halogens is 1. The highest BCUT2D eigenvalue weighted by Gasteiger charge is 2.14. The predicted molar refractivity (Wildman–Crippen MR) is 71.7 cm³/mol. The molecule has 0 saturated carbocycles. The third kappa shape index (κ3) is 5.06. The first-order valence-corrected chi connectivity index (χ1v) is 7.71. The lowest BCUT2D eigenvalue weighted by Crippen LogP contribution is -2.29. The van der Waals surface area contributed by atoms with E-state index >= 15 is 0 Å². The Morgan fingerprint density at radius 3 is 2.59 bits per heavy atom. The number of hydrogen-bond acceptors (Lipinski definition) is 2. The zero-order valence-corrected chi connectivity index (χ0v) is 11.7. The summed E-state index contributed by atoms with van der Waals surface area (Å²) in [4.78, 5) is 0. The summed E-state index contributed by atoms with van der Waals surface area (Å²) in [6.45, 7) is 4.12. The van der Waals surface area contributed by atoms with Crippen LogP contribution in [0.3, 0.4) is 0 Å². The van der Waals surface area contributed by atoms with Crippen molar-refractivity contribution in [1.29, 1.82) is 0 Å². The molecule has 0 heterocycles. The SMILES string of the molecule is Cc1ccccc1CNS(=O)(=O)CC(C)CCl. The van der Waals surface area contributed by atoms with Crippen molar-refractivity contribution >= 4 is 21.6 Å². The van der Waals surface area contributed by atoms with Gasteiger partial charge < -0.3 is 0 Å². The van der Waals surface area contributed by atoms with Gasteiger partial charge in [0.1, 0.15) is 0 Å². The van der Waals surface area contributed by atoms with Crippen molar-refractivity contribution in [3.63, 3.8) is 0 Å². The second kappa shape index (κ2) is 6.38. The molecule has 0 aromatic heterocycles. The van der Waals surface area contributed by atoms with Gasteiger partial charge in [0.25, 0.3) is 0 Å². The van der Waals surface area contributed by atoms with Crippen molar-refractivity contribution in [1.82, 2.24) is 4.72 Å². The largest absolute Gasteiger partial charge is 0.212 e. The van der Waals surface area contributed by atoms with Crippen molar-refractivity contribution in [2.45, 2.75) is 20.4 Å². The average molecular weight is 276 g/mol. The molecule has 0 spiro atoms. The average Bonchev–Trinajstić information content (AvgIpc) is 2.27. The number of alkyl halides is 1. The smallest absolute Gasteiger partial charge is 0.212 e. The van der Waals surface area contributed by atoms with Crippen molar-refractivity contribution in [3.05, 3.63) is 35.4 Å². The van der Waals surface area contributed by atoms with E-state index in [4.69, 9.17) is 11.6 Å². The third-order valence-electron chi connectivity index (χ3n) is 2.51. The molecule has 5 heteroatoms. The zero-order chi connectivity index (χ0) is 12.9. The molecule has 1 N–H and O–H groups in total. The minimum atomic E-state index is -3.24. The van der Waals surface area contributed by atoms with Crippen LogP contribution in [0.15, 0.2) is 24.3 Å². The summed E-state index contributed by atoms with van der Waals surface area (Å²) in [5, 5.41) is 0. The van der Waals surface area contributed by atoms with Crippen molar-refractivity contribution in [2.24, 2.45) is 5.92 Å². The van der Waals surface area contributed by atoms with E-state index in [0.29, 0.717) is 12.4 Å². The Hall–Kier alpha value is -0.580. The minimum Gasteiger partial charge on any atom is -0.212 e. The maximum atomic E-state index is 11.7. The molecular formula is C12H18ClNO2S. The Labute approximate surface area is 108 Å². The monoisotopic (exact) mass is 275 g/mol. The normalized spacial score (nSPS) is 13.6. The molecule has 1 aromatic rings. The molecular weight excluding hydrogens is 258 g/mol. The Bertz CT molecular complexity index is 459. The number of aryl methyl sites for hydroxylation is 1. The molecule has 0 aliphatic carbocycles. The fraction of sp³-hybridized carbons (Fsp3) is 0.500. The van der Waals surface area contributed by atoms with Crippen LogP contribution in [0, 0.1) is 12.8 Å². The Morgan fingerprint density at radius 2 is 2.00 bits per heavy atom. The zero-order valence-electron chi connectivity index (χ0n) is 10.1. The summed E-state index contributed by atoms with van der Waals surface area (Å²) in [5.74, 6) is 0.388. The van der Waals surface area contributed by atoms with Gasteiger partial charge in [-0.3, -0.25) is 0 Å². The van der Waals surface area contributed by atoms with E-state index in [1.165, 1.54) is 0 Å². The van der Waals surface area contributed by atoms with E-state index in [0.717, 1.165) is 11.1 Å². The van der Waals surface area contributed by atoms with Crippen LogP contribution in [-0.2, 0) is 16.6 Å². The van der Waals surface area contributed by atoms with Gasteiger partial charge in [-0.2, -0.15) is 0 Å². The third-order valence-corrected chi connectivity index (χ3v) is 4.63. The van der Waals surface area contributed by atoms with Crippen LogP contribution < -0.4 is 4.72 Å². The standard InChI is InChI=1S/C12H18ClNO2S/c1-10(7-13)9-17(15,16)14-8-12-6-4-3-5-11(12)2/h3-6,10,14H,7-9H2,1-2H3. The van der Waals surface area contributed by atoms with E-state index in [1.54, 1.807) is 0 Å². The fourth-order valence-corrected chi connectivity index (χ4v) is 3.07.